The highest BCUT2D eigenvalue weighted by Crippen LogP contribution is 2.24. The lowest BCUT2D eigenvalue weighted by molar-refractivity contribution is -0.116. The Balaban J connectivity index is 2.03. The molecule has 0 aliphatic carbocycles. The third-order valence-electron chi connectivity index (χ3n) is 3.13. The van der Waals surface area contributed by atoms with E-state index in [9.17, 15) is 24.6 Å². The van der Waals surface area contributed by atoms with Crippen molar-refractivity contribution < 1.29 is 15.0 Å². The molecule has 1 heterocycles. The van der Waals surface area contributed by atoms with Crippen LogP contribution in [0.2, 0.25) is 0 Å². The normalized spacial score (nSPS) is 10.8. The van der Waals surface area contributed by atoms with E-state index in [1.165, 1.54) is 31.2 Å². The predicted molar refractivity (Wildman–Crippen MR) is 83.1 cm³/mol. The van der Waals surface area contributed by atoms with Crippen molar-refractivity contribution in [2.75, 3.05) is 0 Å². The standard InChI is InChI=1S/C15H15N3O5/c1-8-10(17-15(23)18-14(8)22)3-5-13(21)16-7-9-2-4-11(19)12(20)6-9/h2-6,19-20H,7H2,1H3,(H,16,21)(H2,17,18,22,23)/b5-3+. The van der Waals surface area contributed by atoms with Gasteiger partial charge >= 0.3 is 5.69 Å². The quantitative estimate of drug-likeness (QED) is 0.403. The number of carbonyl (C=O) groups excluding carboxylic acids is 1. The molecule has 1 aromatic carbocycles. The van der Waals surface area contributed by atoms with Crippen LogP contribution in [-0.2, 0) is 11.3 Å². The minimum Gasteiger partial charge on any atom is -0.504 e. The molecule has 5 N–H and O–H groups in total. The highest BCUT2D eigenvalue weighted by atomic mass is 16.3. The maximum Gasteiger partial charge on any atom is 0.326 e. The number of aromatic amines is 2. The molecule has 0 unspecified atom stereocenters. The number of phenols is 2. The Morgan fingerprint density at radius 3 is 2.65 bits per heavy atom. The number of carbonyl (C=O) groups is 1. The van der Waals surface area contributed by atoms with E-state index in [-0.39, 0.29) is 29.3 Å². The number of phenolic OH excluding ortho intramolecular Hbond substituents is 2. The maximum atomic E-state index is 11.7. The first kappa shape index (κ1) is 16.1. The molecule has 1 amide bonds. The third kappa shape index (κ3) is 4.10. The van der Waals surface area contributed by atoms with Crippen LogP contribution >= 0.6 is 0 Å². The van der Waals surface area contributed by atoms with Gasteiger partial charge in [0.2, 0.25) is 5.91 Å². The van der Waals surface area contributed by atoms with Crippen molar-refractivity contribution in [1.82, 2.24) is 15.3 Å². The molecule has 0 bridgehead atoms. The van der Waals surface area contributed by atoms with Crippen LogP contribution in [0.25, 0.3) is 6.08 Å². The molecule has 0 fully saturated rings. The lowest BCUT2D eigenvalue weighted by Crippen LogP contribution is -2.25. The second-order valence-electron chi connectivity index (χ2n) is 4.82. The summed E-state index contributed by atoms with van der Waals surface area (Å²) in [5.74, 6) is -0.962. The van der Waals surface area contributed by atoms with Gasteiger partial charge in [-0.15, -0.1) is 0 Å². The zero-order valence-corrected chi connectivity index (χ0v) is 12.2. The molecule has 0 saturated carbocycles. The number of aromatic hydroxyl groups is 2. The van der Waals surface area contributed by atoms with Crippen LogP contribution in [0.5, 0.6) is 11.5 Å². The lowest BCUT2D eigenvalue weighted by Gasteiger charge is -2.04. The van der Waals surface area contributed by atoms with Crippen molar-refractivity contribution in [2.24, 2.45) is 0 Å². The van der Waals surface area contributed by atoms with Gasteiger partial charge in [-0.2, -0.15) is 0 Å². The van der Waals surface area contributed by atoms with Gasteiger partial charge in [0, 0.05) is 18.2 Å². The van der Waals surface area contributed by atoms with Gasteiger partial charge in [0.05, 0.1) is 5.69 Å². The predicted octanol–water partition coefficient (Wildman–Crippen LogP) is 0.112. The van der Waals surface area contributed by atoms with E-state index in [0.29, 0.717) is 5.56 Å². The molecule has 0 aliphatic rings. The highest BCUT2D eigenvalue weighted by molar-refractivity contribution is 5.91. The summed E-state index contributed by atoms with van der Waals surface area (Å²) < 4.78 is 0. The van der Waals surface area contributed by atoms with E-state index in [2.05, 4.69) is 15.3 Å². The SMILES string of the molecule is Cc1c(/C=C/C(=O)NCc2ccc(O)c(O)c2)[nH]c(=O)[nH]c1=O. The van der Waals surface area contributed by atoms with E-state index < -0.39 is 17.2 Å². The van der Waals surface area contributed by atoms with Gasteiger partial charge in [-0.05, 0) is 30.7 Å². The summed E-state index contributed by atoms with van der Waals surface area (Å²) in [7, 11) is 0. The molecule has 0 saturated heterocycles. The van der Waals surface area contributed by atoms with Crippen LogP contribution in [0.4, 0.5) is 0 Å². The van der Waals surface area contributed by atoms with Crippen molar-refractivity contribution in [1.29, 1.82) is 0 Å². The highest BCUT2D eigenvalue weighted by Gasteiger charge is 2.04. The lowest BCUT2D eigenvalue weighted by atomic mass is 10.2. The molecule has 0 aliphatic heterocycles. The number of hydrogen-bond acceptors (Lipinski definition) is 5. The van der Waals surface area contributed by atoms with Crippen LogP contribution in [0.1, 0.15) is 16.8 Å². The number of nitrogens with one attached hydrogen (secondary N) is 3. The van der Waals surface area contributed by atoms with Crippen molar-refractivity contribution in [2.45, 2.75) is 13.5 Å². The molecular weight excluding hydrogens is 302 g/mol. The zero-order chi connectivity index (χ0) is 17.0. The van der Waals surface area contributed by atoms with Crippen molar-refractivity contribution in [3.63, 3.8) is 0 Å². The summed E-state index contributed by atoms with van der Waals surface area (Å²) in [4.78, 5) is 38.8. The van der Waals surface area contributed by atoms with E-state index in [1.54, 1.807) is 6.07 Å². The second kappa shape index (κ2) is 6.65. The molecule has 23 heavy (non-hydrogen) atoms. The van der Waals surface area contributed by atoms with Gasteiger partial charge in [-0.1, -0.05) is 6.07 Å². The summed E-state index contributed by atoms with van der Waals surface area (Å²) in [5, 5.41) is 21.1. The van der Waals surface area contributed by atoms with Crippen molar-refractivity contribution >= 4 is 12.0 Å². The summed E-state index contributed by atoms with van der Waals surface area (Å²) in [6.45, 7) is 1.66. The molecule has 2 rings (SSSR count). The molecular formula is C15H15N3O5. The largest absolute Gasteiger partial charge is 0.504 e. The minimum absolute atomic E-state index is 0.141. The summed E-state index contributed by atoms with van der Waals surface area (Å²) in [6, 6.07) is 4.20. The first-order valence-corrected chi connectivity index (χ1v) is 6.67. The molecule has 0 atom stereocenters. The topological polar surface area (TPSA) is 135 Å². The number of aromatic nitrogens is 2. The fourth-order valence-electron chi connectivity index (χ4n) is 1.82. The Bertz CT molecular complexity index is 879. The van der Waals surface area contributed by atoms with Crippen LogP contribution in [0.15, 0.2) is 33.9 Å². The van der Waals surface area contributed by atoms with E-state index in [0.717, 1.165) is 0 Å². The average Bonchev–Trinajstić information content (AvgIpc) is 2.50. The van der Waals surface area contributed by atoms with Gasteiger partial charge < -0.3 is 20.5 Å². The van der Waals surface area contributed by atoms with Gasteiger partial charge in [0.15, 0.2) is 11.5 Å². The summed E-state index contributed by atoms with van der Waals surface area (Å²) in [6.07, 6.45) is 2.51. The van der Waals surface area contributed by atoms with Gasteiger partial charge in [0.1, 0.15) is 0 Å². The number of hydrogen-bond donors (Lipinski definition) is 5. The molecule has 0 radical (unpaired) electrons. The number of H-pyrrole nitrogens is 2. The summed E-state index contributed by atoms with van der Waals surface area (Å²) >= 11 is 0. The van der Waals surface area contributed by atoms with Crippen LogP contribution in [0.3, 0.4) is 0 Å². The first-order chi connectivity index (χ1) is 10.9. The Morgan fingerprint density at radius 1 is 1.22 bits per heavy atom. The fraction of sp³-hybridized carbons (Fsp3) is 0.133. The van der Waals surface area contributed by atoms with Crippen LogP contribution < -0.4 is 16.6 Å². The van der Waals surface area contributed by atoms with E-state index in [4.69, 9.17) is 0 Å². The molecule has 8 nitrogen and oxygen atoms in total. The maximum absolute atomic E-state index is 11.7. The van der Waals surface area contributed by atoms with Crippen molar-refractivity contribution in [3.05, 3.63) is 61.9 Å². The third-order valence-corrected chi connectivity index (χ3v) is 3.13. The minimum atomic E-state index is -0.653. The summed E-state index contributed by atoms with van der Waals surface area (Å²) in [5.41, 5.74) is -0.0373. The van der Waals surface area contributed by atoms with Crippen LogP contribution in [0, 0.1) is 6.92 Å². The van der Waals surface area contributed by atoms with Crippen molar-refractivity contribution in [3.8, 4) is 11.5 Å². The molecule has 1 aromatic heterocycles. The number of amides is 1. The average molecular weight is 317 g/mol. The molecule has 120 valence electrons. The second-order valence-corrected chi connectivity index (χ2v) is 4.82. The first-order valence-electron chi connectivity index (χ1n) is 6.67. The Labute approximate surface area is 130 Å². The van der Waals surface area contributed by atoms with E-state index >= 15 is 0 Å². The molecule has 0 spiro atoms. The van der Waals surface area contributed by atoms with Gasteiger partial charge in [-0.3, -0.25) is 14.6 Å². The monoisotopic (exact) mass is 317 g/mol. The fourth-order valence-corrected chi connectivity index (χ4v) is 1.82. The Kier molecular flexibility index (Phi) is 4.65. The van der Waals surface area contributed by atoms with Crippen LogP contribution in [-0.4, -0.2) is 26.1 Å². The molecule has 2 aromatic rings. The zero-order valence-electron chi connectivity index (χ0n) is 12.2. The smallest absolute Gasteiger partial charge is 0.326 e. The number of rotatable bonds is 4. The van der Waals surface area contributed by atoms with E-state index in [1.807, 2.05) is 0 Å². The Hall–Kier alpha value is -3.29. The van der Waals surface area contributed by atoms with Gasteiger partial charge in [0.25, 0.3) is 5.56 Å². The molecule has 8 heteroatoms. The Morgan fingerprint density at radius 2 is 1.96 bits per heavy atom. The van der Waals surface area contributed by atoms with Gasteiger partial charge in [-0.25, -0.2) is 4.79 Å². The number of benzene rings is 1.